The van der Waals surface area contributed by atoms with Crippen LogP contribution in [0, 0.1) is 0 Å². The first-order valence-corrected chi connectivity index (χ1v) is 8.95. The van der Waals surface area contributed by atoms with Gasteiger partial charge in [-0.2, -0.15) is 9.40 Å². The van der Waals surface area contributed by atoms with Crippen LogP contribution in [0.3, 0.4) is 0 Å². The van der Waals surface area contributed by atoms with E-state index in [0.717, 1.165) is 9.87 Å². The van der Waals surface area contributed by atoms with Gasteiger partial charge >= 0.3 is 0 Å². The first-order valence-electron chi connectivity index (χ1n) is 7.13. The standard InChI is InChI=1S/C15H19ClN4O3S/c1-18(9-12-8-17-19(2)10-12)15(21)11-20(3)24(22,23)14-6-4-13(16)5-7-14/h4-8,10H,9,11H2,1-3H3. The van der Waals surface area contributed by atoms with Gasteiger partial charge in [0.2, 0.25) is 15.9 Å². The van der Waals surface area contributed by atoms with E-state index in [1.54, 1.807) is 31.2 Å². The molecule has 1 amide bonds. The van der Waals surface area contributed by atoms with E-state index in [4.69, 9.17) is 11.6 Å². The largest absolute Gasteiger partial charge is 0.340 e. The number of rotatable bonds is 6. The Labute approximate surface area is 146 Å². The molecule has 1 heterocycles. The van der Waals surface area contributed by atoms with E-state index in [0.29, 0.717) is 11.6 Å². The molecule has 0 atom stereocenters. The van der Waals surface area contributed by atoms with E-state index in [-0.39, 0.29) is 17.3 Å². The lowest BCUT2D eigenvalue weighted by molar-refractivity contribution is -0.130. The molecule has 2 rings (SSSR count). The number of likely N-dealkylation sites (N-methyl/N-ethyl adjacent to an activating group) is 2. The second-order valence-corrected chi connectivity index (χ2v) is 7.97. The zero-order valence-electron chi connectivity index (χ0n) is 13.7. The summed E-state index contributed by atoms with van der Waals surface area (Å²) in [6, 6.07) is 5.83. The molecule has 24 heavy (non-hydrogen) atoms. The molecule has 9 heteroatoms. The Balaban J connectivity index is 2.03. The van der Waals surface area contributed by atoms with Crippen LogP contribution in [0.2, 0.25) is 5.02 Å². The molecule has 0 fully saturated rings. The van der Waals surface area contributed by atoms with Crippen molar-refractivity contribution in [2.45, 2.75) is 11.4 Å². The lowest BCUT2D eigenvalue weighted by atomic mass is 10.3. The van der Waals surface area contributed by atoms with Gasteiger partial charge in [0.05, 0.1) is 17.6 Å². The minimum Gasteiger partial charge on any atom is -0.340 e. The summed E-state index contributed by atoms with van der Waals surface area (Å²) in [7, 11) is 1.04. The van der Waals surface area contributed by atoms with Crippen molar-refractivity contribution in [3.8, 4) is 0 Å². The van der Waals surface area contributed by atoms with E-state index in [1.807, 2.05) is 0 Å². The number of hydrogen-bond acceptors (Lipinski definition) is 4. The molecule has 0 bridgehead atoms. The fourth-order valence-corrected chi connectivity index (χ4v) is 3.34. The summed E-state index contributed by atoms with van der Waals surface area (Å²) in [6.45, 7) is 0.114. The van der Waals surface area contributed by atoms with E-state index in [2.05, 4.69) is 5.10 Å². The van der Waals surface area contributed by atoms with Gasteiger partial charge in [0.15, 0.2) is 0 Å². The molecule has 0 aliphatic rings. The van der Waals surface area contributed by atoms with Crippen LogP contribution >= 0.6 is 11.6 Å². The molecule has 1 aromatic carbocycles. The second kappa shape index (κ2) is 7.33. The third-order valence-corrected chi connectivity index (χ3v) is 5.55. The van der Waals surface area contributed by atoms with Crippen LogP contribution in [0.1, 0.15) is 5.56 Å². The smallest absolute Gasteiger partial charge is 0.243 e. The quantitative estimate of drug-likeness (QED) is 0.769. The number of hydrogen-bond donors (Lipinski definition) is 0. The maximum atomic E-state index is 12.5. The van der Waals surface area contributed by atoms with Crippen LogP contribution in [0.4, 0.5) is 0 Å². The number of sulfonamides is 1. The normalized spacial score (nSPS) is 11.7. The van der Waals surface area contributed by atoms with Crippen molar-refractivity contribution >= 4 is 27.5 Å². The Hall–Kier alpha value is -1.90. The van der Waals surface area contributed by atoms with Crippen molar-refractivity contribution in [3.05, 3.63) is 47.2 Å². The van der Waals surface area contributed by atoms with Crippen LogP contribution in [0.15, 0.2) is 41.6 Å². The molecule has 130 valence electrons. The Morgan fingerprint density at radius 2 is 1.88 bits per heavy atom. The van der Waals surface area contributed by atoms with Gasteiger partial charge in [0.1, 0.15) is 0 Å². The molecule has 0 N–H and O–H groups in total. The van der Waals surface area contributed by atoms with Gasteiger partial charge < -0.3 is 4.90 Å². The highest BCUT2D eigenvalue weighted by atomic mass is 35.5. The molecular formula is C15H19ClN4O3S. The van der Waals surface area contributed by atoms with Crippen LogP contribution in [0.25, 0.3) is 0 Å². The van der Waals surface area contributed by atoms with Crippen LogP contribution in [-0.4, -0.2) is 54.0 Å². The molecular weight excluding hydrogens is 352 g/mol. The molecule has 0 radical (unpaired) electrons. The average molecular weight is 371 g/mol. The maximum Gasteiger partial charge on any atom is 0.243 e. The molecule has 1 aromatic heterocycles. The molecule has 0 unspecified atom stereocenters. The van der Waals surface area contributed by atoms with Gasteiger partial charge in [-0.15, -0.1) is 0 Å². The van der Waals surface area contributed by atoms with Crippen molar-refractivity contribution < 1.29 is 13.2 Å². The third kappa shape index (κ3) is 4.34. The number of nitrogens with zero attached hydrogens (tertiary/aromatic N) is 4. The number of benzene rings is 1. The van der Waals surface area contributed by atoms with E-state index in [1.165, 1.54) is 36.2 Å². The summed E-state index contributed by atoms with van der Waals surface area (Å²) >= 11 is 5.77. The Bertz CT molecular complexity index is 817. The van der Waals surface area contributed by atoms with Crippen LogP contribution in [0.5, 0.6) is 0 Å². The van der Waals surface area contributed by atoms with Crippen molar-refractivity contribution in [2.24, 2.45) is 7.05 Å². The van der Waals surface area contributed by atoms with E-state index < -0.39 is 10.0 Å². The highest BCUT2D eigenvalue weighted by Gasteiger charge is 2.24. The van der Waals surface area contributed by atoms with Gasteiger partial charge in [-0.25, -0.2) is 8.42 Å². The lowest BCUT2D eigenvalue weighted by Crippen LogP contribution is -2.39. The minimum absolute atomic E-state index is 0.0945. The van der Waals surface area contributed by atoms with Gasteiger partial charge in [-0.1, -0.05) is 11.6 Å². The Morgan fingerprint density at radius 1 is 1.25 bits per heavy atom. The Morgan fingerprint density at radius 3 is 2.42 bits per heavy atom. The lowest BCUT2D eigenvalue weighted by Gasteiger charge is -2.21. The Kier molecular flexibility index (Phi) is 5.63. The average Bonchev–Trinajstić information content (AvgIpc) is 2.92. The zero-order valence-corrected chi connectivity index (χ0v) is 15.3. The maximum absolute atomic E-state index is 12.5. The SMILES string of the molecule is CN(Cc1cnn(C)c1)C(=O)CN(C)S(=O)(=O)c1ccc(Cl)cc1. The predicted octanol–water partition coefficient (Wildman–Crippen LogP) is 1.35. The third-order valence-electron chi connectivity index (χ3n) is 3.48. The number of aromatic nitrogens is 2. The molecule has 0 saturated heterocycles. The highest BCUT2D eigenvalue weighted by Crippen LogP contribution is 2.17. The number of carbonyl (C=O) groups excluding carboxylic acids is 1. The number of amides is 1. The summed E-state index contributed by atoms with van der Waals surface area (Å²) in [4.78, 5) is 13.8. The van der Waals surface area contributed by atoms with E-state index >= 15 is 0 Å². The van der Waals surface area contributed by atoms with Crippen molar-refractivity contribution in [2.75, 3.05) is 20.6 Å². The number of carbonyl (C=O) groups is 1. The molecule has 0 aliphatic carbocycles. The van der Waals surface area contributed by atoms with Gasteiger partial charge in [-0.05, 0) is 24.3 Å². The van der Waals surface area contributed by atoms with Gasteiger partial charge in [0, 0.05) is 44.5 Å². The summed E-state index contributed by atoms with van der Waals surface area (Å²) in [5.41, 5.74) is 0.872. The second-order valence-electron chi connectivity index (χ2n) is 5.49. The first-order chi connectivity index (χ1) is 11.2. The zero-order chi connectivity index (χ0) is 17.9. The van der Waals surface area contributed by atoms with Gasteiger partial charge in [-0.3, -0.25) is 9.48 Å². The number of halogens is 1. The fraction of sp³-hybridized carbons (Fsp3) is 0.333. The summed E-state index contributed by atoms with van der Waals surface area (Å²) in [6.07, 6.45) is 3.47. The predicted molar refractivity (Wildman–Crippen MR) is 90.9 cm³/mol. The van der Waals surface area contributed by atoms with E-state index in [9.17, 15) is 13.2 Å². The van der Waals surface area contributed by atoms with Crippen LogP contribution < -0.4 is 0 Å². The molecule has 2 aromatic rings. The highest BCUT2D eigenvalue weighted by molar-refractivity contribution is 7.89. The van der Waals surface area contributed by atoms with Gasteiger partial charge in [0.25, 0.3) is 0 Å². The minimum atomic E-state index is -3.74. The topological polar surface area (TPSA) is 75.5 Å². The summed E-state index contributed by atoms with van der Waals surface area (Å²) < 4.78 is 27.6. The molecule has 0 saturated carbocycles. The summed E-state index contributed by atoms with van der Waals surface area (Å²) in [5, 5.41) is 4.49. The molecule has 0 aliphatic heterocycles. The summed E-state index contributed by atoms with van der Waals surface area (Å²) in [5.74, 6) is -0.307. The monoisotopic (exact) mass is 370 g/mol. The van der Waals surface area contributed by atoms with Crippen molar-refractivity contribution in [1.82, 2.24) is 19.0 Å². The first kappa shape index (κ1) is 18.4. The molecule has 7 nitrogen and oxygen atoms in total. The van der Waals surface area contributed by atoms with Crippen molar-refractivity contribution in [3.63, 3.8) is 0 Å². The molecule has 0 spiro atoms. The fourth-order valence-electron chi connectivity index (χ4n) is 2.10. The van der Waals surface area contributed by atoms with Crippen LogP contribution in [-0.2, 0) is 28.4 Å². The van der Waals surface area contributed by atoms with Crippen molar-refractivity contribution in [1.29, 1.82) is 0 Å². The number of aryl methyl sites for hydroxylation is 1.